The number of benzene rings is 1. The lowest BCUT2D eigenvalue weighted by Crippen LogP contribution is -2.44. The Morgan fingerprint density at radius 2 is 2.00 bits per heavy atom. The number of halogens is 1. The van der Waals surface area contributed by atoms with Crippen molar-refractivity contribution in [3.05, 3.63) is 35.1 Å². The number of likely N-dealkylation sites (tertiary alicyclic amines) is 1. The Morgan fingerprint density at radius 3 is 2.66 bits per heavy atom. The highest BCUT2D eigenvalue weighted by atomic mass is 35.5. The van der Waals surface area contributed by atoms with Gasteiger partial charge in [-0.3, -0.25) is 14.3 Å². The largest absolute Gasteiger partial charge is 0.339 e. The molecule has 0 aliphatic carbocycles. The summed E-state index contributed by atoms with van der Waals surface area (Å²) in [6, 6.07) is 8.09. The van der Waals surface area contributed by atoms with Gasteiger partial charge in [0.15, 0.2) is 11.0 Å². The molecule has 1 aliphatic heterocycles. The van der Waals surface area contributed by atoms with Gasteiger partial charge >= 0.3 is 0 Å². The Hall–Kier alpha value is -1.57. The number of thioether (sulfide) groups is 1. The molecule has 158 valence electrons. The van der Waals surface area contributed by atoms with Crippen LogP contribution in [0.1, 0.15) is 51.4 Å². The number of aromatic nitrogens is 3. The predicted molar refractivity (Wildman–Crippen MR) is 119 cm³/mol. The zero-order valence-corrected chi connectivity index (χ0v) is 19.2. The van der Waals surface area contributed by atoms with Gasteiger partial charge in [-0.1, -0.05) is 30.3 Å². The van der Waals surface area contributed by atoms with Crippen molar-refractivity contribution in [1.29, 1.82) is 0 Å². The number of hydrogen-bond acceptors (Lipinski definition) is 5. The van der Waals surface area contributed by atoms with Crippen LogP contribution in [0.4, 0.5) is 0 Å². The average Bonchev–Trinajstić information content (AvgIpc) is 3.15. The van der Waals surface area contributed by atoms with E-state index in [9.17, 15) is 4.79 Å². The number of rotatable bonds is 7. The third kappa shape index (κ3) is 5.13. The zero-order valence-electron chi connectivity index (χ0n) is 17.6. The first-order valence-corrected chi connectivity index (χ1v) is 11.6. The molecule has 2 atom stereocenters. The van der Waals surface area contributed by atoms with E-state index in [0.717, 1.165) is 42.5 Å². The van der Waals surface area contributed by atoms with Crippen molar-refractivity contribution < 1.29 is 4.79 Å². The highest BCUT2D eigenvalue weighted by Gasteiger charge is 2.26. The third-order valence-corrected chi connectivity index (χ3v) is 6.80. The summed E-state index contributed by atoms with van der Waals surface area (Å²) in [5, 5.41) is 10.3. The fourth-order valence-corrected chi connectivity index (χ4v) is 4.64. The molecule has 29 heavy (non-hydrogen) atoms. The van der Waals surface area contributed by atoms with Crippen molar-refractivity contribution in [2.24, 2.45) is 0 Å². The van der Waals surface area contributed by atoms with Crippen LogP contribution in [0.5, 0.6) is 0 Å². The van der Waals surface area contributed by atoms with Crippen molar-refractivity contribution in [3.63, 3.8) is 0 Å². The standard InChI is InChI=1S/C21H30ClN5OS/c1-5-17-8-6-7-13-26(17)19(28)14-29-21-24-23-20(15(2)25(3)4)27(21)18-11-9-16(22)10-12-18/h9-12,15,17H,5-8,13-14H2,1-4H3. The molecule has 1 saturated heterocycles. The number of nitrogens with zero attached hydrogens (tertiary/aromatic N) is 5. The number of carbonyl (C=O) groups excluding carboxylic acids is 1. The third-order valence-electron chi connectivity index (χ3n) is 5.63. The molecule has 1 amide bonds. The maximum atomic E-state index is 12.9. The lowest BCUT2D eigenvalue weighted by atomic mass is 10.0. The molecule has 3 rings (SSSR count). The van der Waals surface area contributed by atoms with Gasteiger partial charge in [0.05, 0.1) is 11.8 Å². The molecular weight excluding hydrogens is 406 g/mol. The van der Waals surface area contributed by atoms with Gasteiger partial charge in [0, 0.05) is 23.3 Å². The maximum Gasteiger partial charge on any atom is 0.233 e. The van der Waals surface area contributed by atoms with E-state index >= 15 is 0 Å². The second-order valence-corrected chi connectivity index (χ2v) is 9.10. The van der Waals surface area contributed by atoms with Crippen LogP contribution >= 0.6 is 23.4 Å². The van der Waals surface area contributed by atoms with E-state index in [2.05, 4.69) is 33.8 Å². The minimum absolute atomic E-state index is 0.0785. The Labute approximate surface area is 182 Å². The fourth-order valence-electron chi connectivity index (χ4n) is 3.67. The predicted octanol–water partition coefficient (Wildman–Crippen LogP) is 4.43. The maximum absolute atomic E-state index is 12.9. The summed E-state index contributed by atoms with van der Waals surface area (Å²) in [6.07, 6.45) is 4.44. The minimum Gasteiger partial charge on any atom is -0.339 e. The quantitative estimate of drug-likeness (QED) is 0.602. The Balaban J connectivity index is 1.83. The van der Waals surface area contributed by atoms with Crippen LogP contribution in [0.25, 0.3) is 5.69 Å². The van der Waals surface area contributed by atoms with Crippen LogP contribution in [0.15, 0.2) is 29.4 Å². The summed E-state index contributed by atoms with van der Waals surface area (Å²) in [4.78, 5) is 17.1. The van der Waals surface area contributed by atoms with E-state index < -0.39 is 0 Å². The van der Waals surface area contributed by atoms with Gasteiger partial charge < -0.3 is 4.90 Å². The lowest BCUT2D eigenvalue weighted by molar-refractivity contribution is -0.132. The smallest absolute Gasteiger partial charge is 0.233 e. The molecule has 2 heterocycles. The highest BCUT2D eigenvalue weighted by molar-refractivity contribution is 7.99. The van der Waals surface area contributed by atoms with Gasteiger partial charge in [0.25, 0.3) is 0 Å². The van der Waals surface area contributed by atoms with Gasteiger partial charge in [0.2, 0.25) is 5.91 Å². The van der Waals surface area contributed by atoms with Crippen LogP contribution in [-0.4, -0.2) is 62.9 Å². The molecule has 8 heteroatoms. The van der Waals surface area contributed by atoms with E-state index in [0.29, 0.717) is 16.8 Å². The fraction of sp³-hybridized carbons (Fsp3) is 0.571. The van der Waals surface area contributed by atoms with Gasteiger partial charge in [-0.05, 0) is 71.0 Å². The van der Waals surface area contributed by atoms with E-state index in [4.69, 9.17) is 11.6 Å². The molecule has 0 spiro atoms. The molecule has 0 N–H and O–H groups in total. The number of piperidine rings is 1. The van der Waals surface area contributed by atoms with Crippen molar-refractivity contribution in [3.8, 4) is 5.69 Å². The lowest BCUT2D eigenvalue weighted by Gasteiger charge is -2.35. The first-order valence-electron chi connectivity index (χ1n) is 10.2. The van der Waals surface area contributed by atoms with Crippen LogP contribution in [0.2, 0.25) is 5.02 Å². The van der Waals surface area contributed by atoms with Crippen molar-refractivity contribution in [1.82, 2.24) is 24.6 Å². The Morgan fingerprint density at radius 1 is 1.28 bits per heavy atom. The van der Waals surface area contributed by atoms with E-state index in [1.54, 1.807) is 0 Å². The zero-order chi connectivity index (χ0) is 21.0. The normalized spacial score (nSPS) is 18.3. The molecule has 6 nitrogen and oxygen atoms in total. The van der Waals surface area contributed by atoms with E-state index in [1.165, 1.54) is 18.2 Å². The first kappa shape index (κ1) is 22.1. The Bertz CT molecular complexity index is 823. The summed E-state index contributed by atoms with van der Waals surface area (Å²) in [5.74, 6) is 1.41. The molecule has 0 saturated carbocycles. The molecule has 1 aliphatic rings. The van der Waals surface area contributed by atoms with Crippen LogP contribution < -0.4 is 0 Å². The summed E-state index contributed by atoms with van der Waals surface area (Å²) >= 11 is 7.53. The van der Waals surface area contributed by atoms with Gasteiger partial charge in [-0.25, -0.2) is 0 Å². The number of hydrogen-bond donors (Lipinski definition) is 0. The monoisotopic (exact) mass is 435 g/mol. The molecule has 2 aromatic rings. The van der Waals surface area contributed by atoms with E-state index in [-0.39, 0.29) is 11.9 Å². The van der Waals surface area contributed by atoms with Crippen molar-refractivity contribution >= 4 is 29.3 Å². The van der Waals surface area contributed by atoms with Crippen LogP contribution in [0.3, 0.4) is 0 Å². The number of carbonyl (C=O) groups is 1. The highest BCUT2D eigenvalue weighted by Crippen LogP contribution is 2.28. The Kier molecular flexibility index (Phi) is 7.60. The van der Waals surface area contributed by atoms with E-state index in [1.807, 2.05) is 42.9 Å². The molecule has 0 radical (unpaired) electrons. The van der Waals surface area contributed by atoms with Gasteiger partial charge in [0.1, 0.15) is 0 Å². The molecular formula is C21H30ClN5OS. The molecule has 1 aromatic carbocycles. The minimum atomic E-state index is 0.0785. The average molecular weight is 436 g/mol. The van der Waals surface area contributed by atoms with Crippen LogP contribution in [-0.2, 0) is 4.79 Å². The summed E-state index contributed by atoms with van der Waals surface area (Å²) in [6.45, 7) is 5.12. The topological polar surface area (TPSA) is 54.3 Å². The molecule has 1 fully saturated rings. The number of amides is 1. The van der Waals surface area contributed by atoms with Crippen molar-refractivity contribution in [2.45, 2.75) is 56.8 Å². The molecule has 1 aromatic heterocycles. The summed E-state index contributed by atoms with van der Waals surface area (Å²) < 4.78 is 2.03. The summed E-state index contributed by atoms with van der Waals surface area (Å²) in [7, 11) is 4.03. The molecule has 0 bridgehead atoms. The second-order valence-electron chi connectivity index (χ2n) is 7.73. The molecule has 2 unspecified atom stereocenters. The van der Waals surface area contributed by atoms with Gasteiger partial charge in [-0.2, -0.15) is 0 Å². The van der Waals surface area contributed by atoms with Gasteiger partial charge in [-0.15, -0.1) is 10.2 Å². The first-order chi connectivity index (χ1) is 13.9. The van der Waals surface area contributed by atoms with Crippen LogP contribution in [0, 0.1) is 0 Å². The van der Waals surface area contributed by atoms with Crippen molar-refractivity contribution in [2.75, 3.05) is 26.4 Å². The SMILES string of the molecule is CCC1CCCCN1C(=O)CSc1nnc(C(C)N(C)C)n1-c1ccc(Cl)cc1. The summed E-state index contributed by atoms with van der Waals surface area (Å²) in [5.41, 5.74) is 0.947. The second kappa shape index (κ2) is 9.96.